The molecule has 0 aromatic carbocycles. The van der Waals surface area contributed by atoms with Crippen molar-refractivity contribution in [3.05, 3.63) is 35.7 Å². The number of hydrogen-bond donors (Lipinski definition) is 0. The Labute approximate surface area is 170 Å². The van der Waals surface area contributed by atoms with Crippen molar-refractivity contribution in [2.45, 2.75) is 51.2 Å². The smallest absolute Gasteiger partial charge is 0.342 e. The van der Waals surface area contributed by atoms with Crippen LogP contribution in [-0.2, 0) is 11.0 Å². The zero-order chi connectivity index (χ0) is 21.5. The minimum Gasteiger partial charge on any atom is -0.342 e. The van der Waals surface area contributed by atoms with Gasteiger partial charge >= 0.3 is 6.18 Å². The van der Waals surface area contributed by atoms with E-state index in [-0.39, 0.29) is 53.3 Å². The molecule has 0 radical (unpaired) electrons. The van der Waals surface area contributed by atoms with Crippen molar-refractivity contribution in [1.29, 1.82) is 0 Å². The number of nitrogens with zero attached hydrogens (tertiary/aromatic N) is 6. The maximum absolute atomic E-state index is 13.6. The predicted molar refractivity (Wildman–Crippen MR) is 99.4 cm³/mol. The normalized spacial score (nSPS) is 18.7. The summed E-state index contributed by atoms with van der Waals surface area (Å²) < 4.78 is 47.6. The minimum atomic E-state index is -4.55. The highest BCUT2D eigenvalue weighted by atomic mass is 19.4. The number of amides is 1. The molecule has 0 bridgehead atoms. The number of aryl methyl sites for hydroxylation is 1. The molecule has 1 fully saturated rings. The lowest BCUT2D eigenvalue weighted by atomic mass is 9.91. The summed E-state index contributed by atoms with van der Waals surface area (Å²) >= 11 is 0. The van der Waals surface area contributed by atoms with Crippen LogP contribution in [0.25, 0.3) is 11.1 Å². The van der Waals surface area contributed by atoms with Gasteiger partial charge in [0.25, 0.3) is 5.71 Å². The standard InChI is InChI=1S/C19H21F3N6O2/c1-11-6-14(19(20,21)22)16-17(26-30-18(16)25-11)13-4-3-5-27(8-13)15(29)7-12(2)28-10-23-9-24-28/h6,9-10,12-13H,3-5,7-8H2,1-2H3/t12-,13-/m1/s1. The largest absolute Gasteiger partial charge is 0.417 e. The van der Waals surface area contributed by atoms with Crippen molar-refractivity contribution in [3.8, 4) is 0 Å². The van der Waals surface area contributed by atoms with E-state index in [9.17, 15) is 18.0 Å². The van der Waals surface area contributed by atoms with Gasteiger partial charge in [0.15, 0.2) is 0 Å². The van der Waals surface area contributed by atoms with Crippen LogP contribution in [0.2, 0.25) is 0 Å². The fourth-order valence-corrected chi connectivity index (χ4v) is 3.95. The van der Waals surface area contributed by atoms with E-state index < -0.39 is 11.7 Å². The Morgan fingerprint density at radius 3 is 2.90 bits per heavy atom. The zero-order valence-corrected chi connectivity index (χ0v) is 16.6. The van der Waals surface area contributed by atoms with E-state index >= 15 is 0 Å². The van der Waals surface area contributed by atoms with Crippen molar-refractivity contribution in [3.63, 3.8) is 0 Å². The Balaban J connectivity index is 1.58. The van der Waals surface area contributed by atoms with E-state index in [4.69, 9.17) is 4.52 Å². The molecule has 4 rings (SSSR count). The molecular formula is C19H21F3N6O2. The Hall–Kier alpha value is -2.98. The molecule has 3 aromatic rings. The molecule has 0 spiro atoms. The molecule has 0 N–H and O–H groups in total. The van der Waals surface area contributed by atoms with Gasteiger partial charge in [-0.25, -0.2) is 14.6 Å². The van der Waals surface area contributed by atoms with Gasteiger partial charge in [-0.3, -0.25) is 4.79 Å². The molecule has 2 atom stereocenters. The van der Waals surface area contributed by atoms with Gasteiger partial charge in [-0.15, -0.1) is 0 Å². The number of pyridine rings is 1. The van der Waals surface area contributed by atoms with Crippen LogP contribution >= 0.6 is 0 Å². The summed E-state index contributed by atoms with van der Waals surface area (Å²) in [4.78, 5) is 22.4. The zero-order valence-electron chi connectivity index (χ0n) is 16.6. The van der Waals surface area contributed by atoms with Crippen molar-refractivity contribution < 1.29 is 22.5 Å². The van der Waals surface area contributed by atoms with Gasteiger partial charge in [-0.05, 0) is 32.8 Å². The van der Waals surface area contributed by atoms with E-state index in [1.54, 1.807) is 15.9 Å². The molecule has 8 nitrogen and oxygen atoms in total. The molecule has 4 heterocycles. The number of hydrogen-bond acceptors (Lipinski definition) is 6. The third-order valence-corrected chi connectivity index (χ3v) is 5.43. The summed E-state index contributed by atoms with van der Waals surface area (Å²) in [5, 5.41) is 7.87. The van der Waals surface area contributed by atoms with Crippen LogP contribution in [0.5, 0.6) is 0 Å². The third kappa shape index (κ3) is 3.88. The fourth-order valence-electron chi connectivity index (χ4n) is 3.95. The second kappa shape index (κ2) is 7.69. The number of rotatable bonds is 4. The van der Waals surface area contributed by atoms with Gasteiger partial charge in [-0.2, -0.15) is 18.3 Å². The molecule has 160 valence electrons. The van der Waals surface area contributed by atoms with Crippen LogP contribution in [0.4, 0.5) is 13.2 Å². The summed E-state index contributed by atoms with van der Waals surface area (Å²) in [6.07, 6.45) is -0.0834. The molecule has 1 aliphatic heterocycles. The fraction of sp³-hybridized carbons (Fsp3) is 0.526. The van der Waals surface area contributed by atoms with Gasteiger partial charge in [0.2, 0.25) is 5.91 Å². The SMILES string of the molecule is Cc1cc(C(F)(F)F)c2c([C@@H]3CCCN(C(=O)C[C@@H](C)n4cncn4)C3)noc2n1. The Kier molecular flexibility index (Phi) is 5.20. The number of aromatic nitrogens is 5. The number of carbonyl (C=O) groups is 1. The predicted octanol–water partition coefficient (Wildman–Crippen LogP) is 3.50. The van der Waals surface area contributed by atoms with Crippen LogP contribution in [0.1, 0.15) is 55.1 Å². The molecule has 1 aliphatic rings. The lowest BCUT2D eigenvalue weighted by Gasteiger charge is -2.32. The summed E-state index contributed by atoms with van der Waals surface area (Å²) in [6.45, 7) is 4.19. The number of halogens is 3. The lowest BCUT2D eigenvalue weighted by Crippen LogP contribution is -2.40. The van der Waals surface area contributed by atoms with Crippen molar-refractivity contribution in [1.82, 2.24) is 29.8 Å². The van der Waals surface area contributed by atoms with Gasteiger partial charge in [0.1, 0.15) is 12.7 Å². The van der Waals surface area contributed by atoms with Gasteiger partial charge in [0, 0.05) is 31.1 Å². The molecule has 1 saturated heterocycles. The van der Waals surface area contributed by atoms with Gasteiger partial charge in [-0.1, -0.05) is 5.16 Å². The number of piperidine rings is 1. The van der Waals surface area contributed by atoms with Crippen LogP contribution in [0.15, 0.2) is 23.2 Å². The van der Waals surface area contributed by atoms with Gasteiger partial charge < -0.3 is 9.42 Å². The highest BCUT2D eigenvalue weighted by Crippen LogP contribution is 2.40. The van der Waals surface area contributed by atoms with Crippen molar-refractivity contribution in [2.24, 2.45) is 0 Å². The van der Waals surface area contributed by atoms with E-state index in [0.29, 0.717) is 19.4 Å². The van der Waals surface area contributed by atoms with Crippen LogP contribution in [0, 0.1) is 6.92 Å². The number of alkyl halides is 3. The highest BCUT2D eigenvalue weighted by Gasteiger charge is 2.38. The van der Waals surface area contributed by atoms with Crippen LogP contribution in [-0.4, -0.2) is 48.8 Å². The first-order valence-corrected chi connectivity index (χ1v) is 9.70. The van der Waals surface area contributed by atoms with E-state index in [2.05, 4.69) is 20.2 Å². The minimum absolute atomic E-state index is 0.0829. The molecule has 0 unspecified atom stereocenters. The van der Waals surface area contributed by atoms with E-state index in [1.165, 1.54) is 13.3 Å². The monoisotopic (exact) mass is 422 g/mol. The second-order valence-electron chi connectivity index (χ2n) is 7.66. The first-order valence-electron chi connectivity index (χ1n) is 9.70. The van der Waals surface area contributed by atoms with Gasteiger partial charge in [0.05, 0.1) is 22.7 Å². The summed E-state index contributed by atoms with van der Waals surface area (Å²) in [5.41, 5.74) is -0.503. The topological polar surface area (TPSA) is 89.9 Å². The molecule has 11 heteroatoms. The third-order valence-electron chi connectivity index (χ3n) is 5.43. The maximum Gasteiger partial charge on any atom is 0.417 e. The molecule has 3 aromatic heterocycles. The summed E-state index contributed by atoms with van der Waals surface area (Å²) in [7, 11) is 0. The lowest BCUT2D eigenvalue weighted by molar-refractivity contribution is -0.136. The van der Waals surface area contributed by atoms with Crippen molar-refractivity contribution in [2.75, 3.05) is 13.1 Å². The maximum atomic E-state index is 13.6. The average Bonchev–Trinajstić information content (AvgIpc) is 3.36. The quantitative estimate of drug-likeness (QED) is 0.639. The molecule has 1 amide bonds. The summed E-state index contributed by atoms with van der Waals surface area (Å²) in [5.74, 6) is -0.434. The van der Waals surface area contributed by atoms with E-state index in [1.807, 2.05) is 6.92 Å². The average molecular weight is 422 g/mol. The van der Waals surface area contributed by atoms with Crippen LogP contribution in [0.3, 0.4) is 0 Å². The Morgan fingerprint density at radius 2 is 2.20 bits per heavy atom. The first kappa shape index (κ1) is 20.3. The number of likely N-dealkylation sites (tertiary alicyclic amines) is 1. The summed E-state index contributed by atoms with van der Waals surface area (Å²) in [6, 6.07) is 0.839. The first-order chi connectivity index (χ1) is 14.2. The number of fused-ring (bicyclic) bond motifs is 1. The molecule has 30 heavy (non-hydrogen) atoms. The Morgan fingerprint density at radius 1 is 1.40 bits per heavy atom. The highest BCUT2D eigenvalue weighted by molar-refractivity contribution is 5.82. The molecule has 0 aliphatic carbocycles. The van der Waals surface area contributed by atoms with Crippen LogP contribution < -0.4 is 0 Å². The number of carbonyl (C=O) groups excluding carboxylic acids is 1. The van der Waals surface area contributed by atoms with Crippen molar-refractivity contribution >= 4 is 17.0 Å². The second-order valence-corrected chi connectivity index (χ2v) is 7.66. The Bertz CT molecular complexity index is 1050. The van der Waals surface area contributed by atoms with E-state index in [0.717, 1.165) is 6.07 Å². The molecule has 0 saturated carbocycles. The molecular weight excluding hydrogens is 401 g/mol.